The molecule has 324 valence electrons. The molecule has 3 rings (SSSR count). The molecule has 9 unspecified atom stereocenters. The summed E-state index contributed by atoms with van der Waals surface area (Å²) in [6.07, 6.45) is -4.01. The Kier molecular flexibility index (Phi) is 18.9. The van der Waals surface area contributed by atoms with Gasteiger partial charge in [-0.3, -0.25) is 19.2 Å². The van der Waals surface area contributed by atoms with Crippen molar-refractivity contribution in [1.82, 2.24) is 4.90 Å². The molecule has 0 bridgehead atoms. The van der Waals surface area contributed by atoms with Gasteiger partial charge in [0.25, 0.3) is 0 Å². The normalized spacial score (nSPS) is 39.8. The van der Waals surface area contributed by atoms with Crippen LogP contribution in [0.3, 0.4) is 0 Å². The molecule has 0 aromatic carbocycles. The number of hydrogen-bond acceptors (Lipinski definition) is 16. The number of rotatable bonds is 12. The van der Waals surface area contributed by atoms with Crippen LogP contribution in [0.2, 0.25) is 0 Å². The minimum atomic E-state index is -1.50. The Morgan fingerprint density at radius 2 is 1.63 bits per heavy atom. The Morgan fingerprint density at radius 1 is 0.965 bits per heavy atom. The van der Waals surface area contributed by atoms with Gasteiger partial charge >= 0.3 is 17.9 Å². The van der Waals surface area contributed by atoms with Crippen LogP contribution in [0.25, 0.3) is 0 Å². The molecule has 0 aromatic rings. The largest absolute Gasteiger partial charge is 0.462 e. The van der Waals surface area contributed by atoms with Crippen molar-refractivity contribution < 1.29 is 72.1 Å². The fourth-order valence-corrected chi connectivity index (χ4v) is 7.72. The molecule has 0 amide bonds. The van der Waals surface area contributed by atoms with Gasteiger partial charge in [-0.2, -0.15) is 0 Å². The molecule has 16 heteroatoms. The van der Waals surface area contributed by atoms with E-state index in [0.29, 0.717) is 12.7 Å². The van der Waals surface area contributed by atoms with Crippen molar-refractivity contribution in [3.05, 3.63) is 24.3 Å². The number of aldehydes is 1. The lowest BCUT2D eigenvalue weighted by Crippen LogP contribution is -2.66. The number of esters is 3. The third kappa shape index (κ3) is 13.5. The lowest BCUT2D eigenvalue weighted by molar-refractivity contribution is -0.344. The molecule has 2 fully saturated rings. The number of hydrogen-bond donors (Lipinski definition) is 2. The van der Waals surface area contributed by atoms with Crippen LogP contribution in [-0.4, -0.2) is 145 Å². The number of ether oxygens (including phenoxy) is 8. The van der Waals surface area contributed by atoms with E-state index in [-0.39, 0.29) is 37.9 Å². The number of cyclic esters (lactones) is 1. The van der Waals surface area contributed by atoms with Crippen LogP contribution in [0.15, 0.2) is 24.3 Å². The molecule has 57 heavy (non-hydrogen) atoms. The smallest absolute Gasteiger partial charge is 0.309 e. The first-order chi connectivity index (χ1) is 26.9. The summed E-state index contributed by atoms with van der Waals surface area (Å²) < 4.78 is 48.4. The van der Waals surface area contributed by atoms with Crippen molar-refractivity contribution in [2.75, 3.05) is 21.2 Å². The number of carbonyl (C=O) groups is 5. The topological polar surface area (TPSA) is 203 Å². The summed E-state index contributed by atoms with van der Waals surface area (Å²) in [5, 5.41) is 23.4. The molecule has 15 atom stereocenters. The first-order valence-corrected chi connectivity index (χ1v) is 20.0. The highest BCUT2D eigenvalue weighted by Crippen LogP contribution is 2.37. The summed E-state index contributed by atoms with van der Waals surface area (Å²) in [4.78, 5) is 65.5. The zero-order valence-electron chi connectivity index (χ0n) is 35.1. The Morgan fingerprint density at radius 3 is 2.23 bits per heavy atom. The molecule has 2 N–H and O–H groups in total. The summed E-state index contributed by atoms with van der Waals surface area (Å²) >= 11 is 0. The second kappa shape index (κ2) is 22.3. The van der Waals surface area contributed by atoms with Gasteiger partial charge in [-0.1, -0.05) is 39.0 Å². The number of carbonyl (C=O) groups excluding carboxylic acids is 5. The fraction of sp³-hybridized carbons (Fsp3) is 0.780. The molecule has 16 nitrogen and oxygen atoms in total. The van der Waals surface area contributed by atoms with Gasteiger partial charge in [0.15, 0.2) is 24.5 Å². The van der Waals surface area contributed by atoms with Crippen LogP contribution in [0, 0.1) is 11.8 Å². The molecular formula is C41H65NO15. The first-order valence-electron chi connectivity index (χ1n) is 20.0. The second-order valence-electron chi connectivity index (χ2n) is 15.8. The lowest BCUT2D eigenvalue weighted by Gasteiger charge is -2.50. The van der Waals surface area contributed by atoms with E-state index in [0.717, 1.165) is 0 Å². The molecule has 0 aliphatic carbocycles. The number of ketones is 1. The minimum Gasteiger partial charge on any atom is -0.462 e. The van der Waals surface area contributed by atoms with E-state index >= 15 is 0 Å². The highest BCUT2D eigenvalue weighted by Gasteiger charge is 2.53. The average molecular weight is 812 g/mol. The van der Waals surface area contributed by atoms with Crippen molar-refractivity contribution >= 4 is 30.0 Å². The Hall–Kier alpha value is -3.09. The van der Waals surface area contributed by atoms with E-state index < -0.39 is 115 Å². The van der Waals surface area contributed by atoms with Crippen LogP contribution in [0.5, 0.6) is 0 Å². The van der Waals surface area contributed by atoms with Crippen molar-refractivity contribution in [2.24, 2.45) is 11.8 Å². The highest BCUT2D eigenvalue weighted by molar-refractivity contribution is 5.91. The van der Waals surface area contributed by atoms with E-state index in [1.165, 1.54) is 13.2 Å². The van der Waals surface area contributed by atoms with E-state index in [1.807, 2.05) is 0 Å². The average Bonchev–Trinajstić information content (AvgIpc) is 3.13. The first kappa shape index (κ1) is 48.3. The maximum atomic E-state index is 13.3. The number of aliphatic hydroxyl groups excluding tert-OH is 1. The number of allylic oxidation sites excluding steroid dienone is 3. The van der Waals surface area contributed by atoms with Gasteiger partial charge in [0, 0.05) is 45.1 Å². The Labute approximate surface area is 336 Å². The Balaban J connectivity index is 2.02. The molecule has 2 saturated heterocycles. The highest BCUT2D eigenvalue weighted by atomic mass is 16.7. The molecule has 3 aliphatic heterocycles. The maximum Gasteiger partial charge on any atom is 0.309 e. The SMILES string of the molecule is CCC(=O)OC1C(C)OC(OC2C(C)OC(O[C@@H]3[C@@H](CC=O)C[C@H](C)C(=O)/C=C/C=C/C[C@H](C)OC(=O)C[C@H](OC(=O)CC)[C@H]3OC)C(O)C2N(C)C)CC1(C)O. The third-order valence-electron chi connectivity index (χ3n) is 10.7. The van der Waals surface area contributed by atoms with Gasteiger partial charge in [0.05, 0.1) is 30.8 Å². The van der Waals surface area contributed by atoms with Crippen LogP contribution < -0.4 is 0 Å². The quantitative estimate of drug-likeness (QED) is 0.165. The third-order valence-corrected chi connectivity index (χ3v) is 10.7. The van der Waals surface area contributed by atoms with Crippen LogP contribution >= 0.6 is 0 Å². The van der Waals surface area contributed by atoms with Gasteiger partial charge in [0.1, 0.15) is 42.4 Å². The number of likely N-dealkylation sites (N-methyl/N-ethyl adjacent to an activating group) is 1. The lowest BCUT2D eigenvalue weighted by atomic mass is 9.83. The minimum absolute atomic E-state index is 0.0122. The van der Waals surface area contributed by atoms with E-state index in [9.17, 15) is 34.2 Å². The summed E-state index contributed by atoms with van der Waals surface area (Å²) in [7, 11) is 4.83. The maximum absolute atomic E-state index is 13.3. The molecular weight excluding hydrogens is 746 g/mol. The van der Waals surface area contributed by atoms with Crippen LogP contribution in [-0.2, 0) is 61.9 Å². The van der Waals surface area contributed by atoms with E-state index in [4.69, 9.17) is 37.9 Å². The van der Waals surface area contributed by atoms with E-state index in [2.05, 4.69) is 0 Å². The fourth-order valence-electron chi connectivity index (χ4n) is 7.72. The van der Waals surface area contributed by atoms with Gasteiger partial charge in [-0.25, -0.2) is 0 Å². The second-order valence-corrected chi connectivity index (χ2v) is 15.8. The number of nitrogens with zero attached hydrogens (tertiary/aromatic N) is 1. The molecule has 3 aliphatic rings. The van der Waals surface area contributed by atoms with Crippen LogP contribution in [0.1, 0.15) is 93.4 Å². The molecule has 0 aromatic heterocycles. The summed E-state index contributed by atoms with van der Waals surface area (Å²) in [5.74, 6) is -3.31. The summed E-state index contributed by atoms with van der Waals surface area (Å²) in [5.41, 5.74) is -1.50. The molecule has 0 saturated carbocycles. The van der Waals surface area contributed by atoms with Crippen LogP contribution in [0.4, 0.5) is 0 Å². The Bertz CT molecular complexity index is 1400. The van der Waals surface area contributed by atoms with E-state index in [1.54, 1.807) is 85.7 Å². The monoisotopic (exact) mass is 811 g/mol. The molecule has 0 radical (unpaired) electrons. The van der Waals surface area contributed by atoms with Crippen molar-refractivity contribution in [2.45, 2.75) is 173 Å². The van der Waals surface area contributed by atoms with Gasteiger partial charge in [-0.05, 0) is 60.2 Å². The van der Waals surface area contributed by atoms with Crippen molar-refractivity contribution in [1.29, 1.82) is 0 Å². The van der Waals surface area contributed by atoms with Crippen molar-refractivity contribution in [3.63, 3.8) is 0 Å². The summed E-state index contributed by atoms with van der Waals surface area (Å²) in [6, 6.07) is -0.793. The zero-order valence-corrected chi connectivity index (χ0v) is 35.1. The predicted molar refractivity (Wildman–Crippen MR) is 204 cm³/mol. The zero-order chi connectivity index (χ0) is 42.6. The molecule has 3 heterocycles. The number of methoxy groups -OCH3 is 1. The van der Waals surface area contributed by atoms with Gasteiger partial charge < -0.3 is 57.8 Å². The van der Waals surface area contributed by atoms with Gasteiger partial charge in [-0.15, -0.1) is 0 Å². The van der Waals surface area contributed by atoms with Crippen molar-refractivity contribution in [3.8, 4) is 0 Å². The standard InChI is InChI=1S/C41H65NO15/c1-11-30(45)54-29-21-32(47)51-24(4)16-14-13-15-17-28(44)23(3)20-27(18-19-43)37(38(29)50-10)57-40-35(48)34(42(8)9)36(25(5)53-40)56-33-22-41(7,49)39(26(6)52-33)55-31(46)12-2/h13-15,17,19,23-27,29,33-40,48-49H,11-12,16,18,20-22H2,1-10H3/b14-13+,17-15+/t23-,24-,25?,26?,27-,29-,33?,34?,35?,36?,37+,38+,39?,40?,41?/m0/s1. The molecule has 0 spiro atoms. The van der Waals surface area contributed by atoms with Gasteiger partial charge in [0.2, 0.25) is 0 Å². The number of aliphatic hydroxyl groups is 2. The predicted octanol–water partition coefficient (Wildman–Crippen LogP) is 2.98. The summed E-state index contributed by atoms with van der Waals surface area (Å²) in [6.45, 7) is 11.6.